The number of nitrogens with one attached hydrogen (secondary N) is 1. The third-order valence-corrected chi connectivity index (χ3v) is 6.85. The SMILES string of the molecule is Cn1c(N[C@@H]2CC[C@H](O)C2)nc2c1c(=O)n(Cc1ccc3sccc3c1)c(=O)n2C. The van der Waals surface area contributed by atoms with Crippen molar-refractivity contribution in [1.29, 1.82) is 0 Å². The summed E-state index contributed by atoms with van der Waals surface area (Å²) in [5, 5.41) is 16.2. The summed E-state index contributed by atoms with van der Waals surface area (Å²) in [7, 11) is 3.41. The Kier molecular flexibility index (Phi) is 4.52. The van der Waals surface area contributed by atoms with Gasteiger partial charge in [0.2, 0.25) is 5.95 Å². The number of benzene rings is 1. The lowest BCUT2D eigenvalue weighted by atomic mass is 10.1. The van der Waals surface area contributed by atoms with Crippen LogP contribution in [-0.4, -0.2) is 35.9 Å². The zero-order valence-corrected chi connectivity index (χ0v) is 17.6. The van der Waals surface area contributed by atoms with E-state index in [1.54, 1.807) is 30.0 Å². The van der Waals surface area contributed by atoms with Crippen LogP contribution in [0.25, 0.3) is 21.3 Å². The van der Waals surface area contributed by atoms with Gasteiger partial charge in [0, 0.05) is 24.8 Å². The Labute approximate surface area is 176 Å². The van der Waals surface area contributed by atoms with Gasteiger partial charge in [0.05, 0.1) is 12.6 Å². The number of aliphatic hydroxyl groups is 1. The van der Waals surface area contributed by atoms with E-state index >= 15 is 0 Å². The number of aryl methyl sites for hydroxylation is 2. The van der Waals surface area contributed by atoms with E-state index in [2.05, 4.69) is 10.3 Å². The van der Waals surface area contributed by atoms with Crippen molar-refractivity contribution in [3.8, 4) is 0 Å². The largest absolute Gasteiger partial charge is 0.393 e. The Morgan fingerprint density at radius 2 is 2.03 bits per heavy atom. The number of rotatable bonds is 4. The van der Waals surface area contributed by atoms with Crippen LogP contribution in [0.3, 0.4) is 0 Å². The highest BCUT2D eigenvalue weighted by atomic mass is 32.1. The molecule has 3 aromatic heterocycles. The van der Waals surface area contributed by atoms with E-state index in [4.69, 9.17) is 0 Å². The molecule has 9 heteroatoms. The molecule has 0 amide bonds. The molecule has 2 atom stereocenters. The molecule has 1 aliphatic rings. The van der Waals surface area contributed by atoms with Gasteiger partial charge in [-0.2, -0.15) is 4.98 Å². The Morgan fingerprint density at radius 1 is 1.20 bits per heavy atom. The van der Waals surface area contributed by atoms with Crippen molar-refractivity contribution >= 4 is 38.5 Å². The van der Waals surface area contributed by atoms with Crippen molar-refractivity contribution in [3.63, 3.8) is 0 Å². The molecule has 0 radical (unpaired) electrons. The monoisotopic (exact) mass is 425 g/mol. The van der Waals surface area contributed by atoms with Crippen molar-refractivity contribution in [2.24, 2.45) is 14.1 Å². The van der Waals surface area contributed by atoms with Gasteiger partial charge in [0.25, 0.3) is 5.56 Å². The van der Waals surface area contributed by atoms with Gasteiger partial charge in [-0.3, -0.25) is 13.9 Å². The molecule has 3 heterocycles. The van der Waals surface area contributed by atoms with Crippen LogP contribution in [-0.2, 0) is 20.6 Å². The maximum absolute atomic E-state index is 13.3. The lowest BCUT2D eigenvalue weighted by molar-refractivity contribution is 0.182. The number of fused-ring (bicyclic) bond motifs is 2. The minimum Gasteiger partial charge on any atom is -0.393 e. The smallest absolute Gasteiger partial charge is 0.332 e. The van der Waals surface area contributed by atoms with Crippen molar-refractivity contribution in [3.05, 3.63) is 56.0 Å². The second-order valence-electron chi connectivity index (χ2n) is 8.00. The molecule has 8 nitrogen and oxygen atoms in total. The Morgan fingerprint density at radius 3 is 2.80 bits per heavy atom. The molecule has 0 saturated heterocycles. The van der Waals surface area contributed by atoms with E-state index < -0.39 is 0 Å². The van der Waals surface area contributed by atoms with Crippen LogP contribution in [0, 0.1) is 0 Å². The molecule has 1 saturated carbocycles. The van der Waals surface area contributed by atoms with Crippen molar-refractivity contribution in [1.82, 2.24) is 18.7 Å². The van der Waals surface area contributed by atoms with Gasteiger partial charge < -0.3 is 15.0 Å². The fourth-order valence-electron chi connectivity index (χ4n) is 4.28. The molecule has 1 aromatic carbocycles. The van der Waals surface area contributed by atoms with Gasteiger partial charge in [0.15, 0.2) is 11.2 Å². The predicted octanol–water partition coefficient (Wildman–Crippen LogP) is 2.02. The van der Waals surface area contributed by atoms with Crippen molar-refractivity contribution in [2.45, 2.75) is 38.0 Å². The second kappa shape index (κ2) is 7.10. The van der Waals surface area contributed by atoms with Gasteiger partial charge in [0.1, 0.15) is 0 Å². The standard InChI is InChI=1S/C21H23N5O3S/c1-24-17-18(23-20(24)22-14-4-5-15(27)10-14)25(2)21(29)26(19(17)28)11-12-3-6-16-13(9-12)7-8-30-16/h3,6-9,14-15,27H,4-5,10-11H2,1-2H3,(H,22,23)/t14-,15+/m1/s1. The molecule has 156 valence electrons. The first kappa shape index (κ1) is 19.1. The predicted molar refractivity (Wildman–Crippen MR) is 118 cm³/mol. The zero-order chi connectivity index (χ0) is 21.0. The van der Waals surface area contributed by atoms with E-state index in [-0.39, 0.29) is 29.9 Å². The molecule has 0 bridgehead atoms. The van der Waals surface area contributed by atoms with Crippen LogP contribution in [0.5, 0.6) is 0 Å². The number of imidazole rings is 1. The number of anilines is 1. The van der Waals surface area contributed by atoms with E-state index in [0.29, 0.717) is 23.5 Å². The highest BCUT2D eigenvalue weighted by molar-refractivity contribution is 7.17. The molecule has 0 aliphatic heterocycles. The number of hydrogen-bond donors (Lipinski definition) is 2. The fraction of sp³-hybridized carbons (Fsp3) is 0.381. The number of aliphatic hydroxyl groups excluding tert-OH is 1. The van der Waals surface area contributed by atoms with Crippen molar-refractivity contribution < 1.29 is 5.11 Å². The first-order chi connectivity index (χ1) is 14.4. The average molecular weight is 426 g/mol. The highest BCUT2D eigenvalue weighted by Crippen LogP contribution is 2.24. The highest BCUT2D eigenvalue weighted by Gasteiger charge is 2.25. The van der Waals surface area contributed by atoms with E-state index in [1.165, 1.54) is 13.8 Å². The number of hydrogen-bond acceptors (Lipinski definition) is 6. The lowest BCUT2D eigenvalue weighted by Crippen LogP contribution is -2.39. The van der Waals surface area contributed by atoms with Crippen LogP contribution in [0.4, 0.5) is 5.95 Å². The first-order valence-electron chi connectivity index (χ1n) is 9.99. The van der Waals surface area contributed by atoms with E-state index in [0.717, 1.165) is 23.8 Å². The summed E-state index contributed by atoms with van der Waals surface area (Å²) in [4.78, 5) is 30.7. The van der Waals surface area contributed by atoms with E-state index in [9.17, 15) is 14.7 Å². The Hall–Kier alpha value is -2.91. The summed E-state index contributed by atoms with van der Waals surface area (Å²) in [5.74, 6) is 0.536. The normalized spacial score (nSPS) is 19.2. The van der Waals surface area contributed by atoms with Crippen LogP contribution < -0.4 is 16.6 Å². The number of thiophene rings is 1. The molecular weight excluding hydrogens is 402 g/mol. The zero-order valence-electron chi connectivity index (χ0n) is 16.8. The van der Waals surface area contributed by atoms with Crippen LogP contribution >= 0.6 is 11.3 Å². The van der Waals surface area contributed by atoms with Gasteiger partial charge >= 0.3 is 5.69 Å². The average Bonchev–Trinajstić information content (AvgIpc) is 3.43. The summed E-state index contributed by atoms with van der Waals surface area (Å²) < 4.78 is 5.57. The minimum absolute atomic E-state index is 0.104. The Bertz CT molecular complexity index is 1380. The molecule has 1 aliphatic carbocycles. The summed E-state index contributed by atoms with van der Waals surface area (Å²) in [6.45, 7) is 0.204. The molecule has 0 spiro atoms. The second-order valence-corrected chi connectivity index (χ2v) is 8.95. The molecular formula is C21H23N5O3S. The lowest BCUT2D eigenvalue weighted by Gasteiger charge is -2.12. The minimum atomic E-state index is -0.390. The molecule has 0 unspecified atom stereocenters. The maximum atomic E-state index is 13.3. The summed E-state index contributed by atoms with van der Waals surface area (Å²) in [6, 6.07) is 8.13. The third kappa shape index (κ3) is 3.05. The van der Waals surface area contributed by atoms with E-state index in [1.807, 2.05) is 29.6 Å². The van der Waals surface area contributed by atoms with Gasteiger partial charge in [-0.05, 0) is 53.8 Å². The van der Waals surface area contributed by atoms with Gasteiger partial charge in [-0.1, -0.05) is 6.07 Å². The molecule has 5 rings (SSSR count). The maximum Gasteiger partial charge on any atom is 0.332 e. The topological polar surface area (TPSA) is 94.1 Å². The van der Waals surface area contributed by atoms with Crippen LogP contribution in [0.15, 0.2) is 39.2 Å². The number of aromatic nitrogens is 4. The third-order valence-electron chi connectivity index (χ3n) is 5.96. The summed E-state index contributed by atoms with van der Waals surface area (Å²) in [5.41, 5.74) is 0.902. The molecule has 1 fully saturated rings. The number of nitrogens with zero attached hydrogens (tertiary/aromatic N) is 4. The van der Waals surface area contributed by atoms with Gasteiger partial charge in [-0.15, -0.1) is 11.3 Å². The molecule has 2 N–H and O–H groups in total. The summed E-state index contributed by atoms with van der Waals surface area (Å²) in [6.07, 6.45) is 1.94. The molecule has 30 heavy (non-hydrogen) atoms. The molecule has 4 aromatic rings. The fourth-order valence-corrected chi connectivity index (χ4v) is 5.05. The first-order valence-corrected chi connectivity index (χ1v) is 10.9. The summed E-state index contributed by atoms with van der Waals surface area (Å²) >= 11 is 1.66. The van der Waals surface area contributed by atoms with Crippen LogP contribution in [0.1, 0.15) is 24.8 Å². The van der Waals surface area contributed by atoms with Gasteiger partial charge in [-0.25, -0.2) is 4.79 Å². The van der Waals surface area contributed by atoms with Crippen LogP contribution in [0.2, 0.25) is 0 Å². The Balaban J connectivity index is 1.58. The quantitative estimate of drug-likeness (QED) is 0.522. The van der Waals surface area contributed by atoms with Crippen molar-refractivity contribution in [2.75, 3.05) is 5.32 Å².